The second-order valence-electron chi connectivity index (χ2n) is 7.68. The van der Waals surface area contributed by atoms with Gasteiger partial charge in [0, 0.05) is 22.8 Å². The highest BCUT2D eigenvalue weighted by molar-refractivity contribution is 5.94. The normalized spacial score (nSPS) is 22.3. The van der Waals surface area contributed by atoms with E-state index < -0.39 is 0 Å². The molecule has 27 heavy (non-hydrogen) atoms. The van der Waals surface area contributed by atoms with Gasteiger partial charge in [0.05, 0.1) is 17.7 Å². The van der Waals surface area contributed by atoms with Crippen LogP contribution in [0.4, 0.5) is 0 Å². The topological polar surface area (TPSA) is 90.9 Å². The second kappa shape index (κ2) is 6.46. The molecule has 1 fully saturated rings. The summed E-state index contributed by atoms with van der Waals surface area (Å²) in [5.74, 6) is 0.0628. The van der Waals surface area contributed by atoms with Crippen molar-refractivity contribution >= 4 is 16.8 Å². The van der Waals surface area contributed by atoms with Gasteiger partial charge in [-0.2, -0.15) is 5.10 Å². The third kappa shape index (κ3) is 2.90. The molecule has 2 aliphatic carbocycles. The molecular weight excluding hydrogens is 340 g/mol. The Hall–Kier alpha value is -2.73. The van der Waals surface area contributed by atoms with Crippen molar-refractivity contribution in [1.29, 1.82) is 0 Å². The van der Waals surface area contributed by atoms with Crippen LogP contribution in [0.25, 0.3) is 10.9 Å². The molecule has 0 spiro atoms. The number of carbonyl (C=O) groups is 1. The van der Waals surface area contributed by atoms with Crippen molar-refractivity contribution in [1.82, 2.24) is 20.5 Å². The molecule has 0 saturated heterocycles. The molecule has 3 N–H and O–H groups in total. The summed E-state index contributed by atoms with van der Waals surface area (Å²) in [6.07, 6.45) is 5.87. The van der Waals surface area contributed by atoms with E-state index in [1.54, 1.807) is 0 Å². The van der Waals surface area contributed by atoms with Crippen LogP contribution in [-0.2, 0) is 12.8 Å². The van der Waals surface area contributed by atoms with E-state index >= 15 is 0 Å². The molecule has 1 amide bonds. The average molecular weight is 362 g/mol. The number of amides is 1. The molecule has 6 nitrogen and oxygen atoms in total. The monoisotopic (exact) mass is 362 g/mol. The van der Waals surface area contributed by atoms with E-state index in [1.165, 1.54) is 0 Å². The first-order chi connectivity index (χ1) is 13.2. The number of pyridine rings is 1. The fourth-order valence-corrected chi connectivity index (χ4v) is 4.35. The van der Waals surface area contributed by atoms with Gasteiger partial charge in [0.1, 0.15) is 0 Å². The van der Waals surface area contributed by atoms with Gasteiger partial charge >= 0.3 is 0 Å². The zero-order valence-electron chi connectivity index (χ0n) is 15.0. The number of aliphatic hydroxyl groups is 1. The molecule has 1 aromatic carbocycles. The largest absolute Gasteiger partial charge is 0.393 e. The summed E-state index contributed by atoms with van der Waals surface area (Å²) in [5.41, 5.74) is 4.57. The summed E-state index contributed by atoms with van der Waals surface area (Å²) in [4.78, 5) is 17.5. The maximum absolute atomic E-state index is 13.0. The van der Waals surface area contributed by atoms with Crippen molar-refractivity contribution in [3.8, 4) is 0 Å². The molecule has 5 rings (SSSR count). The minimum Gasteiger partial charge on any atom is -0.393 e. The number of para-hydroxylation sites is 1. The van der Waals surface area contributed by atoms with Gasteiger partial charge in [-0.25, -0.2) is 0 Å². The number of aromatic amines is 1. The van der Waals surface area contributed by atoms with Crippen molar-refractivity contribution in [3.05, 3.63) is 59.0 Å². The highest BCUT2D eigenvalue weighted by atomic mass is 16.3. The van der Waals surface area contributed by atoms with Gasteiger partial charge in [-0.3, -0.25) is 14.9 Å². The summed E-state index contributed by atoms with van der Waals surface area (Å²) >= 11 is 0. The number of H-pyrrole nitrogens is 1. The Morgan fingerprint density at radius 1 is 1.26 bits per heavy atom. The Balaban J connectivity index is 1.46. The highest BCUT2D eigenvalue weighted by Crippen LogP contribution is 2.38. The van der Waals surface area contributed by atoms with Crippen molar-refractivity contribution in [2.45, 2.75) is 44.2 Å². The van der Waals surface area contributed by atoms with Gasteiger partial charge in [-0.15, -0.1) is 0 Å². The maximum atomic E-state index is 13.0. The molecule has 1 atom stereocenters. The van der Waals surface area contributed by atoms with Crippen LogP contribution in [0.3, 0.4) is 0 Å². The van der Waals surface area contributed by atoms with E-state index in [1.807, 2.05) is 30.5 Å². The highest BCUT2D eigenvalue weighted by Gasteiger charge is 2.37. The number of aromatic nitrogens is 3. The summed E-state index contributed by atoms with van der Waals surface area (Å²) in [7, 11) is 0. The standard InChI is InChI=1S/C21H22N4O2/c26-15-9-13(10-15)19(14-8-12-4-1-2-6-17(12)22-11-14)23-21(27)20-16-5-3-7-18(16)24-25-20/h1-2,4,6,8,11,13,15,19,26H,3,5,7,9-10H2,(H,23,27)(H,24,25). The Kier molecular flexibility index (Phi) is 3.93. The molecule has 2 heterocycles. The lowest BCUT2D eigenvalue weighted by molar-refractivity contribution is 0.0234. The molecule has 2 aliphatic rings. The van der Waals surface area contributed by atoms with Crippen molar-refractivity contribution in [2.24, 2.45) is 5.92 Å². The van der Waals surface area contributed by atoms with Crippen LogP contribution >= 0.6 is 0 Å². The Morgan fingerprint density at radius 3 is 2.96 bits per heavy atom. The molecule has 138 valence electrons. The number of hydrogen-bond acceptors (Lipinski definition) is 4. The van der Waals surface area contributed by atoms with E-state index in [-0.39, 0.29) is 24.0 Å². The van der Waals surface area contributed by atoms with Crippen LogP contribution in [0.2, 0.25) is 0 Å². The predicted molar refractivity (Wildman–Crippen MR) is 101 cm³/mol. The first-order valence-corrected chi connectivity index (χ1v) is 9.59. The Bertz CT molecular complexity index is 1010. The zero-order valence-corrected chi connectivity index (χ0v) is 15.0. The summed E-state index contributed by atoms with van der Waals surface area (Å²) in [6, 6.07) is 9.88. The van der Waals surface area contributed by atoms with Gasteiger partial charge in [-0.1, -0.05) is 18.2 Å². The second-order valence-corrected chi connectivity index (χ2v) is 7.68. The third-order valence-electron chi connectivity index (χ3n) is 5.90. The van der Waals surface area contributed by atoms with Gasteiger partial charge < -0.3 is 10.4 Å². The van der Waals surface area contributed by atoms with Gasteiger partial charge in [0.15, 0.2) is 5.69 Å². The van der Waals surface area contributed by atoms with E-state index in [0.717, 1.165) is 47.0 Å². The van der Waals surface area contributed by atoms with Crippen LogP contribution in [0, 0.1) is 5.92 Å². The number of aryl methyl sites for hydroxylation is 1. The van der Waals surface area contributed by atoms with E-state index in [4.69, 9.17) is 0 Å². The number of nitrogens with zero attached hydrogens (tertiary/aromatic N) is 2. The van der Waals surface area contributed by atoms with Crippen molar-refractivity contribution in [3.63, 3.8) is 0 Å². The Morgan fingerprint density at radius 2 is 2.11 bits per heavy atom. The van der Waals surface area contributed by atoms with Crippen molar-refractivity contribution in [2.75, 3.05) is 0 Å². The lowest BCUT2D eigenvalue weighted by Crippen LogP contribution is -2.41. The molecule has 0 aliphatic heterocycles. The molecule has 2 aromatic heterocycles. The van der Waals surface area contributed by atoms with E-state index in [0.29, 0.717) is 18.5 Å². The van der Waals surface area contributed by atoms with Crippen LogP contribution in [-0.4, -0.2) is 32.3 Å². The lowest BCUT2D eigenvalue weighted by Gasteiger charge is -2.38. The third-order valence-corrected chi connectivity index (χ3v) is 5.90. The summed E-state index contributed by atoms with van der Waals surface area (Å²) in [6.45, 7) is 0. The molecule has 3 aromatic rings. The van der Waals surface area contributed by atoms with Crippen LogP contribution < -0.4 is 5.32 Å². The number of fused-ring (bicyclic) bond motifs is 2. The fraction of sp³-hybridized carbons (Fsp3) is 0.381. The molecule has 6 heteroatoms. The van der Waals surface area contributed by atoms with Gasteiger partial charge in [0.25, 0.3) is 5.91 Å². The lowest BCUT2D eigenvalue weighted by atomic mass is 9.75. The maximum Gasteiger partial charge on any atom is 0.272 e. The number of rotatable bonds is 4. The summed E-state index contributed by atoms with van der Waals surface area (Å²) in [5, 5.41) is 21.3. The quantitative estimate of drug-likeness (QED) is 0.665. The molecule has 0 bridgehead atoms. The fourth-order valence-electron chi connectivity index (χ4n) is 4.35. The number of aliphatic hydroxyl groups excluding tert-OH is 1. The molecule has 1 unspecified atom stereocenters. The molecular formula is C21H22N4O2. The Labute approximate surface area is 157 Å². The van der Waals surface area contributed by atoms with Crippen LogP contribution in [0.15, 0.2) is 36.5 Å². The minimum absolute atomic E-state index is 0.144. The number of hydrogen-bond donors (Lipinski definition) is 3. The zero-order chi connectivity index (χ0) is 18.4. The van der Waals surface area contributed by atoms with E-state index in [2.05, 4.69) is 26.6 Å². The predicted octanol–water partition coefficient (Wildman–Crippen LogP) is 2.69. The van der Waals surface area contributed by atoms with Gasteiger partial charge in [0.2, 0.25) is 0 Å². The molecule has 1 saturated carbocycles. The number of carbonyl (C=O) groups excluding carboxylic acids is 1. The van der Waals surface area contributed by atoms with E-state index in [9.17, 15) is 9.90 Å². The number of nitrogens with one attached hydrogen (secondary N) is 2. The first kappa shape index (κ1) is 16.4. The molecule has 0 radical (unpaired) electrons. The first-order valence-electron chi connectivity index (χ1n) is 9.59. The van der Waals surface area contributed by atoms with Gasteiger partial charge in [-0.05, 0) is 55.7 Å². The SMILES string of the molecule is O=C(NC(c1cnc2ccccc2c1)C1CC(O)C1)c1n[nH]c2c1CCC2. The smallest absolute Gasteiger partial charge is 0.272 e. The number of benzene rings is 1. The summed E-state index contributed by atoms with van der Waals surface area (Å²) < 4.78 is 0. The van der Waals surface area contributed by atoms with Crippen LogP contribution in [0.5, 0.6) is 0 Å². The van der Waals surface area contributed by atoms with Crippen molar-refractivity contribution < 1.29 is 9.90 Å². The average Bonchev–Trinajstić information content (AvgIpc) is 3.27. The minimum atomic E-state index is -0.280. The van der Waals surface area contributed by atoms with Crippen LogP contribution in [0.1, 0.15) is 52.6 Å².